The van der Waals surface area contributed by atoms with E-state index in [4.69, 9.17) is 11.6 Å². The van der Waals surface area contributed by atoms with Crippen molar-refractivity contribution in [2.75, 3.05) is 67.6 Å². The number of halogens is 1. The molecular weight excluding hydrogens is 548 g/mol. The molecule has 9 heteroatoms. The van der Waals surface area contributed by atoms with Crippen LogP contribution in [0.25, 0.3) is 0 Å². The van der Waals surface area contributed by atoms with Gasteiger partial charge in [-0.05, 0) is 81.3 Å². The molecule has 3 fully saturated rings. The van der Waals surface area contributed by atoms with Crippen molar-refractivity contribution in [3.63, 3.8) is 0 Å². The molecule has 1 unspecified atom stereocenters. The molecule has 5 rings (SSSR count). The predicted octanol–water partition coefficient (Wildman–Crippen LogP) is 5.79. The molecule has 1 atom stereocenters. The van der Waals surface area contributed by atoms with E-state index in [0.29, 0.717) is 36.6 Å². The molecule has 2 amide bonds. The van der Waals surface area contributed by atoms with E-state index in [2.05, 4.69) is 45.0 Å². The molecule has 8 nitrogen and oxygen atoms in total. The number of piperidine rings is 2. The second kappa shape index (κ2) is 13.4. The normalized spacial score (nSPS) is 20.7. The number of likely N-dealkylation sites (N-methyl/N-ethyl adjacent to an activating group) is 1. The summed E-state index contributed by atoms with van der Waals surface area (Å²) < 4.78 is 0. The third-order valence-electron chi connectivity index (χ3n) is 9.39. The predicted molar refractivity (Wildman–Crippen MR) is 169 cm³/mol. The summed E-state index contributed by atoms with van der Waals surface area (Å²) in [4.78, 5) is 36.7. The number of nitrogens with zero attached hydrogens (tertiary/aromatic N) is 6. The van der Waals surface area contributed by atoms with Crippen molar-refractivity contribution in [2.24, 2.45) is 5.92 Å². The lowest BCUT2D eigenvalue weighted by molar-refractivity contribution is -0.119. The Kier molecular flexibility index (Phi) is 9.60. The van der Waals surface area contributed by atoms with Crippen LogP contribution in [0.15, 0.2) is 42.5 Å². The van der Waals surface area contributed by atoms with Gasteiger partial charge in [-0.15, -0.1) is 0 Å². The third kappa shape index (κ3) is 6.38. The maximum atomic E-state index is 13.8. The number of hydrogen-bond acceptors (Lipinski definition) is 6. The minimum Gasteiger partial charge on any atom is -0.372 e. The minimum absolute atomic E-state index is 0.0193. The monoisotopic (exact) mass is 590 g/mol. The molecule has 224 valence electrons. The number of aldehydes is 1. The van der Waals surface area contributed by atoms with Gasteiger partial charge in [-0.25, -0.2) is 4.79 Å². The van der Waals surface area contributed by atoms with E-state index < -0.39 is 5.54 Å². The Morgan fingerprint density at radius 2 is 1.69 bits per heavy atom. The van der Waals surface area contributed by atoms with Crippen molar-refractivity contribution in [3.05, 3.63) is 53.1 Å². The Bertz CT molecular complexity index is 1280. The number of nitriles is 1. The number of carbonyl (C=O) groups excluding carboxylic acids is 2. The van der Waals surface area contributed by atoms with Gasteiger partial charge in [-0.3, -0.25) is 9.80 Å². The topological polar surface area (TPSA) is 74.1 Å². The molecule has 3 aliphatic rings. The van der Waals surface area contributed by atoms with Gasteiger partial charge in [0, 0.05) is 70.8 Å². The van der Waals surface area contributed by atoms with Crippen molar-refractivity contribution in [1.29, 1.82) is 5.26 Å². The standard InChI is InChI=1S/C33H43ClN6O2/c1-3-40(32(42)36(2)31-13-12-29(21-30(31)34)39-18-6-7-27(22-35)24-39)33(25-41)14-19-37(20-15-33)23-26-8-10-28(11-9-26)38-16-4-5-17-38/h8-13,21,25,27H,3-7,14-20,23-24H2,1-2H3. The summed E-state index contributed by atoms with van der Waals surface area (Å²) in [5.74, 6) is 0.0193. The van der Waals surface area contributed by atoms with Gasteiger partial charge in [-0.2, -0.15) is 5.26 Å². The lowest BCUT2D eigenvalue weighted by Gasteiger charge is -2.46. The highest BCUT2D eigenvalue weighted by Gasteiger charge is 2.43. The SMILES string of the molecule is CCN(C(=O)N(C)c1ccc(N2CCCC(C#N)C2)cc1Cl)C1(C=O)CCN(Cc2ccc(N3CCCC3)cc2)CC1. The molecule has 0 radical (unpaired) electrons. The van der Waals surface area contributed by atoms with Crippen LogP contribution in [0.2, 0.25) is 5.02 Å². The molecule has 3 aliphatic heterocycles. The van der Waals surface area contributed by atoms with Crippen LogP contribution >= 0.6 is 11.6 Å². The molecule has 2 aromatic carbocycles. The Morgan fingerprint density at radius 3 is 2.31 bits per heavy atom. The number of likely N-dealkylation sites (tertiary alicyclic amines) is 1. The average Bonchev–Trinajstić information content (AvgIpc) is 3.57. The van der Waals surface area contributed by atoms with Crippen LogP contribution in [0.4, 0.5) is 21.9 Å². The van der Waals surface area contributed by atoms with Crippen LogP contribution in [0.1, 0.15) is 51.0 Å². The van der Waals surface area contributed by atoms with Crippen LogP contribution in [-0.4, -0.2) is 80.5 Å². The molecule has 3 saturated heterocycles. The van der Waals surface area contributed by atoms with E-state index in [0.717, 1.165) is 64.1 Å². The lowest BCUT2D eigenvalue weighted by Crippen LogP contribution is -2.60. The van der Waals surface area contributed by atoms with Gasteiger partial charge in [0.2, 0.25) is 0 Å². The fraction of sp³-hybridized carbons (Fsp3) is 0.545. The summed E-state index contributed by atoms with van der Waals surface area (Å²) in [5.41, 5.74) is 3.28. The molecule has 0 aliphatic carbocycles. The number of carbonyl (C=O) groups is 2. The van der Waals surface area contributed by atoms with Gasteiger partial charge < -0.3 is 19.5 Å². The minimum atomic E-state index is -0.845. The maximum absolute atomic E-state index is 13.8. The smallest absolute Gasteiger partial charge is 0.325 e. The first-order valence-corrected chi connectivity index (χ1v) is 15.8. The molecule has 0 aromatic heterocycles. The molecule has 2 aromatic rings. The summed E-state index contributed by atoms with van der Waals surface area (Å²) in [6.07, 6.45) is 6.60. The van der Waals surface area contributed by atoms with E-state index >= 15 is 0 Å². The van der Waals surface area contributed by atoms with Crippen LogP contribution < -0.4 is 14.7 Å². The van der Waals surface area contributed by atoms with Gasteiger partial charge in [0.15, 0.2) is 0 Å². The van der Waals surface area contributed by atoms with E-state index in [1.165, 1.54) is 24.1 Å². The summed E-state index contributed by atoms with van der Waals surface area (Å²) in [5, 5.41) is 9.83. The fourth-order valence-corrected chi connectivity index (χ4v) is 7.10. The average molecular weight is 591 g/mol. The van der Waals surface area contributed by atoms with Gasteiger partial charge in [-0.1, -0.05) is 23.7 Å². The number of anilines is 3. The second-order valence-corrected chi connectivity index (χ2v) is 12.4. The summed E-state index contributed by atoms with van der Waals surface area (Å²) in [7, 11) is 1.72. The summed E-state index contributed by atoms with van der Waals surface area (Å²) >= 11 is 6.72. The molecule has 3 heterocycles. The zero-order valence-corrected chi connectivity index (χ0v) is 25.7. The first kappa shape index (κ1) is 30.2. The largest absolute Gasteiger partial charge is 0.372 e. The Hall–Kier alpha value is -3.28. The Labute approximate surface area is 255 Å². The van der Waals surface area contributed by atoms with Gasteiger partial charge in [0.1, 0.15) is 11.8 Å². The van der Waals surface area contributed by atoms with Crippen molar-refractivity contribution in [1.82, 2.24) is 9.80 Å². The van der Waals surface area contributed by atoms with E-state index in [1.54, 1.807) is 16.8 Å². The number of rotatable bonds is 8. The highest BCUT2D eigenvalue weighted by atomic mass is 35.5. The number of amides is 2. The van der Waals surface area contributed by atoms with Crippen molar-refractivity contribution in [3.8, 4) is 6.07 Å². The van der Waals surface area contributed by atoms with Crippen LogP contribution in [0.3, 0.4) is 0 Å². The van der Waals surface area contributed by atoms with E-state index in [-0.39, 0.29) is 11.9 Å². The molecule has 0 spiro atoms. The van der Waals surface area contributed by atoms with Gasteiger partial charge >= 0.3 is 6.03 Å². The maximum Gasteiger partial charge on any atom is 0.325 e. The zero-order valence-electron chi connectivity index (χ0n) is 25.0. The van der Waals surface area contributed by atoms with Crippen molar-refractivity contribution >= 4 is 41.0 Å². The van der Waals surface area contributed by atoms with Gasteiger partial charge in [0.05, 0.1) is 22.7 Å². The van der Waals surface area contributed by atoms with Crippen molar-refractivity contribution in [2.45, 2.75) is 57.5 Å². The lowest BCUT2D eigenvalue weighted by atomic mass is 9.87. The van der Waals surface area contributed by atoms with Crippen molar-refractivity contribution < 1.29 is 9.59 Å². The van der Waals surface area contributed by atoms with E-state index in [1.807, 2.05) is 25.1 Å². The highest BCUT2D eigenvalue weighted by molar-refractivity contribution is 6.34. The van der Waals surface area contributed by atoms with Crippen LogP contribution in [-0.2, 0) is 11.3 Å². The van der Waals surface area contributed by atoms with Crippen LogP contribution in [0, 0.1) is 17.2 Å². The fourth-order valence-electron chi connectivity index (χ4n) is 6.80. The summed E-state index contributed by atoms with van der Waals surface area (Å²) in [6.45, 7) is 8.54. The molecule has 0 saturated carbocycles. The molecule has 0 N–H and O–H groups in total. The first-order chi connectivity index (χ1) is 20.4. The zero-order chi connectivity index (χ0) is 29.7. The number of benzene rings is 2. The first-order valence-electron chi connectivity index (χ1n) is 15.4. The second-order valence-electron chi connectivity index (χ2n) is 12.0. The molecular formula is C33H43ClN6O2. The number of hydrogen-bond donors (Lipinski definition) is 0. The van der Waals surface area contributed by atoms with Gasteiger partial charge in [0.25, 0.3) is 0 Å². The Balaban J connectivity index is 1.22. The third-order valence-corrected chi connectivity index (χ3v) is 9.69. The van der Waals surface area contributed by atoms with E-state index in [9.17, 15) is 14.9 Å². The molecule has 0 bridgehead atoms. The Morgan fingerprint density at radius 1 is 1.02 bits per heavy atom. The molecule has 42 heavy (non-hydrogen) atoms. The van der Waals surface area contributed by atoms with Crippen LogP contribution in [0.5, 0.6) is 0 Å². The quantitative estimate of drug-likeness (QED) is 0.362. The summed E-state index contributed by atoms with van der Waals surface area (Å²) in [6, 6.07) is 16.7. The highest BCUT2D eigenvalue weighted by Crippen LogP contribution is 2.35. The number of urea groups is 1.